The largest absolute Gasteiger partial charge is 0.330 e. The Kier molecular flexibility index (Phi) is 8.20. The normalized spacial score (nSPS) is 17.8. The number of nitrogens with two attached hydrogens (primary N) is 2. The second-order valence-corrected chi connectivity index (χ2v) is 4.68. The van der Waals surface area contributed by atoms with Crippen molar-refractivity contribution in [2.45, 2.75) is 46.5 Å². The molecule has 0 aromatic heterocycles. The lowest BCUT2D eigenvalue weighted by Gasteiger charge is -2.25. The van der Waals surface area contributed by atoms with E-state index in [0.29, 0.717) is 0 Å². The molecule has 0 bridgehead atoms. The molecule has 0 spiro atoms. The van der Waals surface area contributed by atoms with E-state index in [4.69, 9.17) is 11.5 Å². The molecule has 3 unspecified atom stereocenters. The third kappa shape index (κ3) is 5.61. The van der Waals surface area contributed by atoms with Gasteiger partial charge in [-0.05, 0) is 43.7 Å². The standard InChI is InChI=1S/C12H28N2/c1-10(6-4-5-8-13)12(3)11(2)7-9-14/h10-12H,4-9,13-14H2,1-3H3. The Bertz CT molecular complexity index is 125. The first kappa shape index (κ1) is 13.9. The van der Waals surface area contributed by atoms with Crippen molar-refractivity contribution in [3.05, 3.63) is 0 Å². The molecule has 0 aromatic rings. The van der Waals surface area contributed by atoms with Gasteiger partial charge in [0.1, 0.15) is 0 Å². The summed E-state index contributed by atoms with van der Waals surface area (Å²) in [4.78, 5) is 0. The van der Waals surface area contributed by atoms with Crippen molar-refractivity contribution in [2.24, 2.45) is 29.2 Å². The van der Waals surface area contributed by atoms with Crippen molar-refractivity contribution in [1.82, 2.24) is 0 Å². The lowest BCUT2D eigenvalue weighted by Crippen LogP contribution is -2.19. The van der Waals surface area contributed by atoms with E-state index in [0.717, 1.165) is 37.3 Å². The fourth-order valence-corrected chi connectivity index (χ4v) is 1.96. The Balaban J connectivity index is 3.68. The molecule has 0 heterocycles. The highest BCUT2D eigenvalue weighted by Crippen LogP contribution is 2.26. The molecule has 0 aliphatic heterocycles. The Morgan fingerprint density at radius 2 is 1.36 bits per heavy atom. The first-order valence-electron chi connectivity index (χ1n) is 6.03. The van der Waals surface area contributed by atoms with Crippen molar-refractivity contribution in [1.29, 1.82) is 0 Å². The molecule has 0 amide bonds. The Labute approximate surface area is 89.4 Å². The molecular formula is C12H28N2. The molecule has 0 radical (unpaired) electrons. The molecule has 2 heteroatoms. The average molecular weight is 200 g/mol. The van der Waals surface area contributed by atoms with E-state index in [-0.39, 0.29) is 0 Å². The van der Waals surface area contributed by atoms with Crippen molar-refractivity contribution < 1.29 is 0 Å². The van der Waals surface area contributed by atoms with Crippen LogP contribution in [0.1, 0.15) is 46.5 Å². The topological polar surface area (TPSA) is 52.0 Å². The number of unbranched alkanes of at least 4 members (excludes halogenated alkanes) is 1. The summed E-state index contributed by atoms with van der Waals surface area (Å²) in [5, 5.41) is 0. The molecule has 2 nitrogen and oxygen atoms in total. The van der Waals surface area contributed by atoms with Gasteiger partial charge < -0.3 is 11.5 Å². The highest BCUT2D eigenvalue weighted by atomic mass is 14.5. The van der Waals surface area contributed by atoms with E-state index in [1.54, 1.807) is 0 Å². The zero-order valence-corrected chi connectivity index (χ0v) is 10.1. The van der Waals surface area contributed by atoms with Crippen LogP contribution in [0, 0.1) is 17.8 Å². The fourth-order valence-electron chi connectivity index (χ4n) is 1.96. The first-order valence-corrected chi connectivity index (χ1v) is 6.03. The summed E-state index contributed by atoms with van der Waals surface area (Å²) < 4.78 is 0. The van der Waals surface area contributed by atoms with Crippen molar-refractivity contribution >= 4 is 0 Å². The minimum absolute atomic E-state index is 0.757. The average Bonchev–Trinajstić information content (AvgIpc) is 2.17. The van der Waals surface area contributed by atoms with Gasteiger partial charge in [0.05, 0.1) is 0 Å². The molecule has 0 aliphatic carbocycles. The molecule has 14 heavy (non-hydrogen) atoms. The van der Waals surface area contributed by atoms with E-state index in [9.17, 15) is 0 Å². The summed E-state index contributed by atoms with van der Waals surface area (Å²) >= 11 is 0. The van der Waals surface area contributed by atoms with E-state index in [1.807, 2.05) is 0 Å². The van der Waals surface area contributed by atoms with Crippen LogP contribution >= 0.6 is 0 Å². The van der Waals surface area contributed by atoms with Crippen LogP contribution < -0.4 is 11.5 Å². The molecule has 0 aromatic carbocycles. The van der Waals surface area contributed by atoms with Crippen LogP contribution in [0.2, 0.25) is 0 Å². The van der Waals surface area contributed by atoms with Gasteiger partial charge in [0.2, 0.25) is 0 Å². The van der Waals surface area contributed by atoms with Crippen LogP contribution in [0.3, 0.4) is 0 Å². The highest BCUT2D eigenvalue weighted by Gasteiger charge is 2.17. The minimum atomic E-state index is 0.757. The monoisotopic (exact) mass is 200 g/mol. The Morgan fingerprint density at radius 3 is 1.86 bits per heavy atom. The maximum Gasteiger partial charge on any atom is -0.00746 e. The van der Waals surface area contributed by atoms with Crippen LogP contribution in [0.25, 0.3) is 0 Å². The minimum Gasteiger partial charge on any atom is -0.330 e. The quantitative estimate of drug-likeness (QED) is 0.591. The van der Waals surface area contributed by atoms with Gasteiger partial charge in [-0.2, -0.15) is 0 Å². The van der Waals surface area contributed by atoms with Crippen LogP contribution in [-0.4, -0.2) is 13.1 Å². The van der Waals surface area contributed by atoms with Gasteiger partial charge in [-0.1, -0.05) is 33.6 Å². The zero-order valence-electron chi connectivity index (χ0n) is 10.1. The predicted octanol–water partition coefficient (Wildman–Crippen LogP) is 2.37. The van der Waals surface area contributed by atoms with Crippen LogP contribution in [0.15, 0.2) is 0 Å². The molecule has 0 saturated heterocycles. The van der Waals surface area contributed by atoms with E-state index in [1.165, 1.54) is 19.3 Å². The zero-order chi connectivity index (χ0) is 11.0. The molecule has 0 rings (SSSR count). The summed E-state index contributed by atoms with van der Waals surface area (Å²) in [7, 11) is 0. The summed E-state index contributed by atoms with van der Waals surface area (Å²) in [6, 6.07) is 0. The van der Waals surface area contributed by atoms with Gasteiger partial charge in [0.15, 0.2) is 0 Å². The molecule has 0 saturated carbocycles. The summed E-state index contributed by atoms with van der Waals surface area (Å²) in [6.45, 7) is 8.68. The molecular weight excluding hydrogens is 172 g/mol. The summed E-state index contributed by atoms with van der Waals surface area (Å²) in [6.07, 6.45) is 4.91. The molecule has 0 aliphatic rings. The number of hydrogen-bond donors (Lipinski definition) is 2. The first-order chi connectivity index (χ1) is 6.63. The van der Waals surface area contributed by atoms with Gasteiger partial charge >= 0.3 is 0 Å². The smallest absolute Gasteiger partial charge is 0.00746 e. The van der Waals surface area contributed by atoms with Crippen LogP contribution in [-0.2, 0) is 0 Å². The summed E-state index contributed by atoms with van der Waals surface area (Å²) in [5.74, 6) is 2.35. The fraction of sp³-hybridized carbons (Fsp3) is 1.00. The van der Waals surface area contributed by atoms with E-state index < -0.39 is 0 Å². The lowest BCUT2D eigenvalue weighted by atomic mass is 9.81. The van der Waals surface area contributed by atoms with Crippen molar-refractivity contribution in [2.75, 3.05) is 13.1 Å². The van der Waals surface area contributed by atoms with Crippen LogP contribution in [0.5, 0.6) is 0 Å². The molecule has 4 N–H and O–H groups in total. The highest BCUT2D eigenvalue weighted by molar-refractivity contribution is 4.68. The Hall–Kier alpha value is -0.0800. The lowest BCUT2D eigenvalue weighted by molar-refractivity contribution is 0.252. The number of hydrogen-bond acceptors (Lipinski definition) is 2. The number of rotatable bonds is 8. The van der Waals surface area contributed by atoms with E-state index >= 15 is 0 Å². The van der Waals surface area contributed by atoms with Crippen LogP contribution in [0.4, 0.5) is 0 Å². The maximum atomic E-state index is 5.57. The Morgan fingerprint density at radius 1 is 0.786 bits per heavy atom. The van der Waals surface area contributed by atoms with Gasteiger partial charge in [-0.15, -0.1) is 0 Å². The predicted molar refractivity (Wildman–Crippen MR) is 64.1 cm³/mol. The molecule has 3 atom stereocenters. The summed E-state index contributed by atoms with van der Waals surface area (Å²) in [5.41, 5.74) is 11.1. The van der Waals surface area contributed by atoms with Gasteiger partial charge in [-0.3, -0.25) is 0 Å². The second kappa shape index (κ2) is 8.25. The van der Waals surface area contributed by atoms with Gasteiger partial charge in [0.25, 0.3) is 0 Å². The SMILES string of the molecule is CC(CCN)C(C)C(C)CCCCN. The van der Waals surface area contributed by atoms with Crippen molar-refractivity contribution in [3.63, 3.8) is 0 Å². The third-order valence-corrected chi connectivity index (χ3v) is 3.53. The second-order valence-electron chi connectivity index (χ2n) is 4.68. The molecule has 86 valence electrons. The van der Waals surface area contributed by atoms with E-state index in [2.05, 4.69) is 20.8 Å². The van der Waals surface area contributed by atoms with Crippen molar-refractivity contribution in [3.8, 4) is 0 Å². The van der Waals surface area contributed by atoms with Gasteiger partial charge in [-0.25, -0.2) is 0 Å². The van der Waals surface area contributed by atoms with Gasteiger partial charge in [0, 0.05) is 0 Å². The molecule has 0 fully saturated rings. The maximum absolute atomic E-state index is 5.57. The third-order valence-electron chi connectivity index (χ3n) is 3.53.